The van der Waals surface area contributed by atoms with E-state index in [0.29, 0.717) is 18.2 Å². The molecule has 2 aliphatic rings. The topological polar surface area (TPSA) is 96.0 Å². The van der Waals surface area contributed by atoms with Gasteiger partial charge in [0, 0.05) is 44.1 Å². The number of hydrogen-bond donors (Lipinski definition) is 2. The van der Waals surface area contributed by atoms with Crippen molar-refractivity contribution in [3.8, 4) is 11.3 Å². The Labute approximate surface area is 152 Å². The predicted octanol–water partition coefficient (Wildman–Crippen LogP) is 1.73. The number of rotatable bonds is 5. The summed E-state index contributed by atoms with van der Waals surface area (Å²) in [4.78, 5) is 30.6. The molecule has 8 heteroatoms. The lowest BCUT2D eigenvalue weighted by Gasteiger charge is -2.16. The molecule has 2 aromatic rings. The number of aromatic nitrogens is 4. The van der Waals surface area contributed by atoms with Gasteiger partial charge in [-0.2, -0.15) is 0 Å². The molecule has 4 rings (SSSR count). The number of nitrogens with zero attached hydrogens (tertiary/aromatic N) is 4. The van der Waals surface area contributed by atoms with Crippen molar-refractivity contribution in [1.29, 1.82) is 0 Å². The molecule has 0 spiro atoms. The first-order valence-electron chi connectivity index (χ1n) is 9.25. The molecule has 2 aliphatic heterocycles. The SMILES string of the molecule is Cc1nc(N2CCCC2)ncc1-c1cc(=O)[nH]c(NCC2CCCO2)n1. The van der Waals surface area contributed by atoms with Crippen molar-refractivity contribution < 1.29 is 4.74 Å². The van der Waals surface area contributed by atoms with Crippen molar-refractivity contribution in [1.82, 2.24) is 19.9 Å². The van der Waals surface area contributed by atoms with Crippen LogP contribution in [0.25, 0.3) is 11.3 Å². The first-order chi connectivity index (χ1) is 12.7. The highest BCUT2D eigenvalue weighted by atomic mass is 16.5. The maximum atomic E-state index is 12.1. The van der Waals surface area contributed by atoms with Crippen LogP contribution in [0.15, 0.2) is 17.1 Å². The average Bonchev–Trinajstić information content (AvgIpc) is 3.33. The van der Waals surface area contributed by atoms with Gasteiger partial charge in [-0.25, -0.2) is 15.0 Å². The third-order valence-corrected chi connectivity index (χ3v) is 4.89. The van der Waals surface area contributed by atoms with Gasteiger partial charge in [0.1, 0.15) is 0 Å². The average molecular weight is 356 g/mol. The van der Waals surface area contributed by atoms with E-state index >= 15 is 0 Å². The lowest BCUT2D eigenvalue weighted by atomic mass is 10.2. The zero-order chi connectivity index (χ0) is 17.9. The summed E-state index contributed by atoms with van der Waals surface area (Å²) in [6.07, 6.45) is 6.41. The third kappa shape index (κ3) is 3.70. The van der Waals surface area contributed by atoms with E-state index in [9.17, 15) is 4.79 Å². The number of aromatic amines is 1. The minimum atomic E-state index is -0.201. The largest absolute Gasteiger partial charge is 0.376 e. The van der Waals surface area contributed by atoms with Crippen molar-refractivity contribution in [3.63, 3.8) is 0 Å². The number of aryl methyl sites for hydroxylation is 1. The van der Waals surface area contributed by atoms with E-state index in [0.717, 1.165) is 49.7 Å². The van der Waals surface area contributed by atoms with Crippen LogP contribution >= 0.6 is 0 Å². The summed E-state index contributed by atoms with van der Waals surface area (Å²) in [5, 5.41) is 3.17. The van der Waals surface area contributed by atoms with Crippen LogP contribution in [0.5, 0.6) is 0 Å². The molecule has 138 valence electrons. The van der Waals surface area contributed by atoms with E-state index in [2.05, 4.69) is 30.2 Å². The molecule has 0 aliphatic carbocycles. The Kier molecular flexibility index (Phi) is 4.83. The molecular weight excluding hydrogens is 332 g/mol. The molecule has 2 fully saturated rings. The Balaban J connectivity index is 1.55. The van der Waals surface area contributed by atoms with Gasteiger partial charge in [-0.1, -0.05) is 0 Å². The quantitative estimate of drug-likeness (QED) is 0.842. The van der Waals surface area contributed by atoms with E-state index in [4.69, 9.17) is 4.74 Å². The van der Waals surface area contributed by atoms with Crippen LogP contribution in [0, 0.1) is 6.92 Å². The number of ether oxygens (including phenoxy) is 1. The van der Waals surface area contributed by atoms with Gasteiger partial charge in [-0.05, 0) is 32.6 Å². The molecule has 26 heavy (non-hydrogen) atoms. The molecule has 1 atom stereocenters. The monoisotopic (exact) mass is 356 g/mol. The van der Waals surface area contributed by atoms with Crippen LogP contribution in [-0.4, -0.2) is 52.3 Å². The van der Waals surface area contributed by atoms with Crippen molar-refractivity contribution in [3.05, 3.63) is 28.3 Å². The second-order valence-corrected chi connectivity index (χ2v) is 6.86. The van der Waals surface area contributed by atoms with Crippen LogP contribution in [0.3, 0.4) is 0 Å². The maximum Gasteiger partial charge on any atom is 0.252 e. The fraction of sp³-hybridized carbons (Fsp3) is 0.556. The summed E-state index contributed by atoms with van der Waals surface area (Å²) in [6.45, 7) is 5.36. The number of H-pyrrole nitrogens is 1. The maximum absolute atomic E-state index is 12.1. The van der Waals surface area contributed by atoms with E-state index in [1.165, 1.54) is 18.9 Å². The van der Waals surface area contributed by atoms with Gasteiger partial charge in [0.05, 0.1) is 17.5 Å². The molecule has 2 aromatic heterocycles. The molecule has 0 amide bonds. The third-order valence-electron chi connectivity index (χ3n) is 4.89. The molecular formula is C18H24N6O2. The zero-order valence-corrected chi connectivity index (χ0v) is 15.0. The van der Waals surface area contributed by atoms with E-state index in [1.54, 1.807) is 6.20 Å². The van der Waals surface area contributed by atoms with Crippen molar-refractivity contribution in [2.24, 2.45) is 0 Å². The Morgan fingerprint density at radius 1 is 1.31 bits per heavy atom. The number of nitrogens with one attached hydrogen (secondary N) is 2. The van der Waals surface area contributed by atoms with Crippen molar-refractivity contribution in [2.75, 3.05) is 36.5 Å². The standard InChI is InChI=1S/C18H24N6O2/c1-12-14(11-20-18(21-12)24-6-2-3-7-24)15-9-16(25)23-17(22-15)19-10-13-5-4-8-26-13/h9,11,13H,2-8,10H2,1H3,(H2,19,22,23,25). The molecule has 8 nitrogen and oxygen atoms in total. The Morgan fingerprint density at radius 2 is 2.15 bits per heavy atom. The van der Waals surface area contributed by atoms with Gasteiger partial charge in [0.15, 0.2) is 0 Å². The Morgan fingerprint density at radius 3 is 2.88 bits per heavy atom. The summed E-state index contributed by atoms with van der Waals surface area (Å²) in [7, 11) is 0. The Hall–Kier alpha value is -2.48. The van der Waals surface area contributed by atoms with Gasteiger partial charge in [-0.15, -0.1) is 0 Å². The predicted molar refractivity (Wildman–Crippen MR) is 99.5 cm³/mol. The first kappa shape index (κ1) is 17.0. The second-order valence-electron chi connectivity index (χ2n) is 6.86. The zero-order valence-electron chi connectivity index (χ0n) is 15.0. The summed E-state index contributed by atoms with van der Waals surface area (Å²) >= 11 is 0. The van der Waals surface area contributed by atoms with E-state index in [-0.39, 0.29) is 11.7 Å². The van der Waals surface area contributed by atoms with Crippen LogP contribution in [0.1, 0.15) is 31.4 Å². The summed E-state index contributed by atoms with van der Waals surface area (Å²) < 4.78 is 5.59. The number of anilines is 2. The first-order valence-corrected chi connectivity index (χ1v) is 9.25. The van der Waals surface area contributed by atoms with Crippen LogP contribution < -0.4 is 15.8 Å². The van der Waals surface area contributed by atoms with Gasteiger partial charge >= 0.3 is 0 Å². The van der Waals surface area contributed by atoms with Crippen LogP contribution in [0.4, 0.5) is 11.9 Å². The fourth-order valence-electron chi connectivity index (χ4n) is 3.47. The number of hydrogen-bond acceptors (Lipinski definition) is 7. The minimum absolute atomic E-state index is 0.175. The van der Waals surface area contributed by atoms with Gasteiger partial charge < -0.3 is 15.0 Å². The molecule has 2 N–H and O–H groups in total. The van der Waals surface area contributed by atoms with Crippen molar-refractivity contribution >= 4 is 11.9 Å². The highest BCUT2D eigenvalue weighted by Gasteiger charge is 2.18. The molecule has 0 radical (unpaired) electrons. The van der Waals surface area contributed by atoms with Gasteiger partial charge in [0.25, 0.3) is 5.56 Å². The van der Waals surface area contributed by atoms with E-state index in [1.807, 2.05) is 6.92 Å². The second kappa shape index (κ2) is 7.41. The van der Waals surface area contributed by atoms with E-state index < -0.39 is 0 Å². The lowest BCUT2D eigenvalue weighted by Crippen LogP contribution is -2.22. The fourth-order valence-corrected chi connectivity index (χ4v) is 3.47. The highest BCUT2D eigenvalue weighted by Crippen LogP contribution is 2.23. The highest BCUT2D eigenvalue weighted by molar-refractivity contribution is 5.62. The molecule has 1 unspecified atom stereocenters. The lowest BCUT2D eigenvalue weighted by molar-refractivity contribution is 0.120. The van der Waals surface area contributed by atoms with Crippen LogP contribution in [0.2, 0.25) is 0 Å². The molecule has 2 saturated heterocycles. The summed E-state index contributed by atoms with van der Waals surface area (Å²) in [5.74, 6) is 1.20. The van der Waals surface area contributed by atoms with Gasteiger partial charge in [0.2, 0.25) is 11.9 Å². The summed E-state index contributed by atoms with van der Waals surface area (Å²) in [5.41, 5.74) is 1.98. The smallest absolute Gasteiger partial charge is 0.252 e. The minimum Gasteiger partial charge on any atom is -0.376 e. The van der Waals surface area contributed by atoms with Gasteiger partial charge in [-0.3, -0.25) is 9.78 Å². The Bertz CT molecular complexity index is 825. The molecule has 4 heterocycles. The summed E-state index contributed by atoms with van der Waals surface area (Å²) in [6, 6.07) is 1.48. The molecule has 0 saturated carbocycles. The molecule has 0 bridgehead atoms. The van der Waals surface area contributed by atoms with Crippen molar-refractivity contribution in [2.45, 2.75) is 38.7 Å². The molecule has 0 aromatic carbocycles. The normalized spacial score (nSPS) is 19.9. The van der Waals surface area contributed by atoms with Crippen LogP contribution in [-0.2, 0) is 4.74 Å².